The van der Waals surface area contributed by atoms with Gasteiger partial charge in [-0.05, 0) is 104 Å². The Morgan fingerprint density at radius 1 is 0.957 bits per heavy atom. The summed E-state index contributed by atoms with van der Waals surface area (Å²) in [5, 5.41) is 43.1. The highest BCUT2D eigenvalue weighted by Gasteiger charge is 2.70. The number of carboxylic acids is 1. The summed E-state index contributed by atoms with van der Waals surface area (Å²) in [5.74, 6) is -0.616. The van der Waals surface area contributed by atoms with E-state index in [9.17, 15) is 30.0 Å². The molecule has 5 fully saturated rings. The van der Waals surface area contributed by atoms with Crippen LogP contribution in [0.4, 0.5) is 0 Å². The van der Waals surface area contributed by atoms with Gasteiger partial charge in [0.15, 0.2) is 12.4 Å². The Morgan fingerprint density at radius 3 is 2.30 bits per heavy atom. The summed E-state index contributed by atoms with van der Waals surface area (Å²) < 4.78 is 17.4. The van der Waals surface area contributed by atoms with Gasteiger partial charge in [-0.15, -0.1) is 0 Å². The van der Waals surface area contributed by atoms with Crippen LogP contribution in [0.25, 0.3) is 0 Å². The molecule has 0 aromatic rings. The molecule has 9 heteroatoms. The second-order valence-electron chi connectivity index (χ2n) is 17.8. The molecule has 0 amide bonds. The van der Waals surface area contributed by atoms with Crippen LogP contribution >= 0.6 is 0 Å². The summed E-state index contributed by atoms with van der Waals surface area (Å²) >= 11 is 0. The quantitative estimate of drug-likeness (QED) is 0.179. The topological polar surface area (TPSA) is 143 Å². The summed E-state index contributed by atoms with van der Waals surface area (Å²) in [6.07, 6.45) is 6.00. The Labute approximate surface area is 274 Å². The van der Waals surface area contributed by atoms with Gasteiger partial charge in [-0.3, -0.25) is 9.59 Å². The van der Waals surface area contributed by atoms with Crippen molar-refractivity contribution in [2.75, 3.05) is 13.2 Å². The molecule has 9 nitrogen and oxygen atoms in total. The molecule has 0 radical (unpaired) electrons. The molecule has 0 bridgehead atoms. The second-order valence-corrected chi connectivity index (χ2v) is 17.8. The summed E-state index contributed by atoms with van der Waals surface area (Å²) in [5.41, 5.74) is 0.0952. The zero-order chi connectivity index (χ0) is 33.7. The minimum absolute atomic E-state index is 0.00525. The summed E-state index contributed by atoms with van der Waals surface area (Å²) in [6.45, 7) is 15.1. The first kappa shape index (κ1) is 34.3. The molecule has 5 aliphatic carbocycles. The summed E-state index contributed by atoms with van der Waals surface area (Å²) in [7, 11) is 0. The standard InChI is InChI=1S/C37H58O9/c1-21(39)45-29-24(40)19-44-30(28(29)41)46-27-11-12-33(4)25(34(27,5)20-38)10-13-36(7)26(33)9-8-22-23-18-32(2,3)14-16-37(23,31(42)43)17-15-35(22,36)6/h8,23-30,38,40-41H,9-20H2,1-7H3,(H,42,43)/t23-,24-,25+,26+,27-,28+,29-,30-,33-,34-,35+,36+,37-/m0/s1. The van der Waals surface area contributed by atoms with Crippen molar-refractivity contribution in [3.63, 3.8) is 0 Å². The van der Waals surface area contributed by atoms with Crippen LogP contribution in [0, 0.1) is 50.2 Å². The average Bonchev–Trinajstić information content (AvgIpc) is 2.97. The Morgan fingerprint density at radius 2 is 1.65 bits per heavy atom. The third kappa shape index (κ3) is 4.79. The van der Waals surface area contributed by atoms with Crippen LogP contribution in [0.3, 0.4) is 0 Å². The number of carboxylic acid groups (broad SMARTS) is 1. The lowest BCUT2D eigenvalue weighted by molar-refractivity contribution is -0.313. The lowest BCUT2D eigenvalue weighted by Crippen LogP contribution is -2.66. The number of fused-ring (bicyclic) bond motifs is 7. The fraction of sp³-hybridized carbons (Fsp3) is 0.892. The smallest absolute Gasteiger partial charge is 0.310 e. The van der Waals surface area contributed by atoms with Crippen molar-refractivity contribution in [2.24, 2.45) is 50.2 Å². The largest absolute Gasteiger partial charge is 0.481 e. The normalized spacial score (nSPS) is 51.4. The van der Waals surface area contributed by atoms with Crippen LogP contribution in [-0.4, -0.2) is 76.3 Å². The van der Waals surface area contributed by atoms with E-state index in [2.05, 4.69) is 47.6 Å². The van der Waals surface area contributed by atoms with Crippen molar-refractivity contribution in [3.8, 4) is 0 Å². The number of aliphatic hydroxyl groups is 3. The van der Waals surface area contributed by atoms with Crippen LogP contribution in [0.15, 0.2) is 11.6 Å². The maximum Gasteiger partial charge on any atom is 0.310 e. The third-order valence-electron chi connectivity index (χ3n) is 15.2. The Bertz CT molecular complexity index is 1260. The number of esters is 1. The first-order valence-corrected chi connectivity index (χ1v) is 17.7. The van der Waals surface area contributed by atoms with E-state index >= 15 is 0 Å². The van der Waals surface area contributed by atoms with E-state index in [4.69, 9.17) is 14.2 Å². The van der Waals surface area contributed by atoms with Gasteiger partial charge >= 0.3 is 11.9 Å². The molecule has 1 saturated heterocycles. The van der Waals surface area contributed by atoms with Crippen LogP contribution in [0.5, 0.6) is 0 Å². The lowest BCUT2D eigenvalue weighted by atomic mass is 9.33. The van der Waals surface area contributed by atoms with E-state index in [0.29, 0.717) is 12.3 Å². The van der Waals surface area contributed by atoms with Gasteiger partial charge in [0, 0.05) is 12.3 Å². The summed E-state index contributed by atoms with van der Waals surface area (Å²) in [6, 6.07) is 0. The maximum atomic E-state index is 13.0. The first-order valence-electron chi connectivity index (χ1n) is 17.7. The molecule has 0 unspecified atom stereocenters. The molecule has 46 heavy (non-hydrogen) atoms. The molecule has 0 aromatic carbocycles. The molecule has 0 aromatic heterocycles. The van der Waals surface area contributed by atoms with Gasteiger partial charge in [-0.2, -0.15) is 0 Å². The molecular formula is C37H58O9. The second kappa shape index (κ2) is 11.3. The molecule has 13 atom stereocenters. The fourth-order valence-corrected chi connectivity index (χ4v) is 12.2. The molecule has 1 heterocycles. The molecule has 0 spiro atoms. The SMILES string of the molecule is CC(=O)O[C@@H]1[C@@H](O)[C@H](O[C@H]2CC[C@@]3(C)[C@@H](CC[C@]4(C)[C@@H]3CC=C3[C@@H]5CC(C)(C)CC[C@]5(C(=O)O)CC[C@]34C)[C@]2(C)CO)OC[C@@H]1O. The van der Waals surface area contributed by atoms with Crippen LogP contribution in [0.2, 0.25) is 0 Å². The van der Waals surface area contributed by atoms with Gasteiger partial charge in [0.2, 0.25) is 0 Å². The lowest BCUT2D eigenvalue weighted by Gasteiger charge is -2.71. The molecule has 4 N–H and O–H groups in total. The zero-order valence-corrected chi connectivity index (χ0v) is 29.0. The van der Waals surface area contributed by atoms with E-state index in [1.54, 1.807) is 0 Å². The number of rotatable bonds is 5. The van der Waals surface area contributed by atoms with Gasteiger partial charge in [-0.1, -0.05) is 53.2 Å². The van der Waals surface area contributed by atoms with Crippen LogP contribution in [0.1, 0.15) is 113 Å². The molecular weight excluding hydrogens is 588 g/mol. The van der Waals surface area contributed by atoms with Gasteiger partial charge < -0.3 is 34.6 Å². The molecule has 4 saturated carbocycles. The predicted molar refractivity (Wildman–Crippen MR) is 170 cm³/mol. The van der Waals surface area contributed by atoms with Gasteiger partial charge in [0.1, 0.15) is 12.2 Å². The number of hydrogen-bond acceptors (Lipinski definition) is 8. The Kier molecular flexibility index (Phi) is 8.41. The van der Waals surface area contributed by atoms with E-state index in [1.165, 1.54) is 12.5 Å². The van der Waals surface area contributed by atoms with Gasteiger partial charge in [0.25, 0.3) is 0 Å². The van der Waals surface area contributed by atoms with Crippen LogP contribution < -0.4 is 0 Å². The number of carbonyl (C=O) groups excluding carboxylic acids is 1. The van der Waals surface area contributed by atoms with E-state index in [-0.39, 0.29) is 46.7 Å². The third-order valence-corrected chi connectivity index (χ3v) is 15.2. The monoisotopic (exact) mass is 646 g/mol. The van der Waals surface area contributed by atoms with Crippen molar-refractivity contribution in [3.05, 3.63) is 11.6 Å². The highest BCUT2D eigenvalue weighted by molar-refractivity contribution is 5.76. The number of hydrogen-bond donors (Lipinski definition) is 4. The van der Waals surface area contributed by atoms with Crippen molar-refractivity contribution < 1.29 is 44.2 Å². The molecule has 260 valence electrons. The number of aliphatic hydroxyl groups excluding tert-OH is 3. The van der Waals surface area contributed by atoms with Crippen LogP contribution in [-0.2, 0) is 23.8 Å². The highest BCUT2D eigenvalue weighted by Crippen LogP contribution is 2.76. The molecule has 1 aliphatic heterocycles. The molecule has 6 rings (SSSR count). The Balaban J connectivity index is 1.29. The Hall–Kier alpha value is -1.52. The zero-order valence-electron chi connectivity index (χ0n) is 29.0. The van der Waals surface area contributed by atoms with Gasteiger partial charge in [0.05, 0.1) is 24.7 Å². The number of aliphatic carboxylic acids is 1. The first-order chi connectivity index (χ1) is 21.4. The number of ether oxygens (including phenoxy) is 3. The predicted octanol–water partition coefficient (Wildman–Crippen LogP) is 5.24. The van der Waals surface area contributed by atoms with Gasteiger partial charge in [-0.25, -0.2) is 0 Å². The average molecular weight is 647 g/mol. The number of carbonyl (C=O) groups is 2. The highest BCUT2D eigenvalue weighted by atomic mass is 16.7. The van der Waals surface area contributed by atoms with Crippen molar-refractivity contribution in [1.29, 1.82) is 0 Å². The minimum atomic E-state index is -1.35. The van der Waals surface area contributed by atoms with E-state index in [1.807, 2.05) is 0 Å². The van der Waals surface area contributed by atoms with Crippen molar-refractivity contribution in [1.82, 2.24) is 0 Å². The minimum Gasteiger partial charge on any atom is -0.481 e. The number of allylic oxidation sites excluding steroid dienone is 2. The molecule has 6 aliphatic rings. The van der Waals surface area contributed by atoms with Crippen molar-refractivity contribution in [2.45, 2.75) is 143 Å². The van der Waals surface area contributed by atoms with Crippen molar-refractivity contribution >= 4 is 11.9 Å². The van der Waals surface area contributed by atoms with E-state index < -0.39 is 53.5 Å². The van der Waals surface area contributed by atoms with E-state index in [0.717, 1.165) is 57.8 Å². The summed E-state index contributed by atoms with van der Waals surface area (Å²) in [4.78, 5) is 24.6. The maximum absolute atomic E-state index is 13.0. The fourth-order valence-electron chi connectivity index (χ4n) is 12.2.